The molecular formula is C62H106O6. The molecule has 0 aliphatic rings. The third kappa shape index (κ3) is 53.5. The minimum Gasteiger partial charge on any atom is -0.462 e. The van der Waals surface area contributed by atoms with Crippen molar-refractivity contribution in [2.24, 2.45) is 0 Å². The monoisotopic (exact) mass is 947 g/mol. The van der Waals surface area contributed by atoms with E-state index in [1.165, 1.54) is 122 Å². The van der Waals surface area contributed by atoms with Gasteiger partial charge < -0.3 is 14.2 Å². The van der Waals surface area contributed by atoms with Gasteiger partial charge in [-0.05, 0) is 77.0 Å². The number of ether oxygens (including phenoxy) is 3. The summed E-state index contributed by atoms with van der Waals surface area (Å²) in [6.07, 6.45) is 73.2. The van der Waals surface area contributed by atoms with Gasteiger partial charge in [-0.2, -0.15) is 0 Å². The van der Waals surface area contributed by atoms with Crippen LogP contribution in [0.2, 0.25) is 0 Å². The Kier molecular flexibility index (Phi) is 53.4. The summed E-state index contributed by atoms with van der Waals surface area (Å²) in [6, 6.07) is 0. The number of carbonyl (C=O) groups is 3. The zero-order valence-corrected chi connectivity index (χ0v) is 44.6. The highest BCUT2D eigenvalue weighted by atomic mass is 16.6. The number of carbonyl (C=O) groups excluding carboxylic acids is 3. The molecule has 0 saturated carbocycles. The fourth-order valence-corrected chi connectivity index (χ4v) is 7.94. The summed E-state index contributed by atoms with van der Waals surface area (Å²) in [5.41, 5.74) is 0. The van der Waals surface area contributed by atoms with Crippen molar-refractivity contribution < 1.29 is 28.6 Å². The van der Waals surface area contributed by atoms with Crippen molar-refractivity contribution in [2.45, 2.75) is 277 Å². The Bertz CT molecular complexity index is 1320. The fraction of sp³-hybridized carbons (Fsp3) is 0.726. The Labute approximate surface area is 420 Å². The average molecular weight is 948 g/mol. The molecule has 0 aliphatic heterocycles. The van der Waals surface area contributed by atoms with Crippen molar-refractivity contribution in [3.63, 3.8) is 0 Å². The summed E-state index contributed by atoms with van der Waals surface area (Å²) < 4.78 is 16.8. The number of hydrogen-bond donors (Lipinski definition) is 0. The molecule has 0 aromatic carbocycles. The highest BCUT2D eigenvalue weighted by molar-refractivity contribution is 5.71. The van der Waals surface area contributed by atoms with Gasteiger partial charge in [0.15, 0.2) is 6.10 Å². The van der Waals surface area contributed by atoms with Crippen LogP contribution in [-0.4, -0.2) is 37.2 Å². The van der Waals surface area contributed by atoms with Crippen LogP contribution in [0, 0.1) is 0 Å². The Morgan fingerprint density at radius 1 is 0.309 bits per heavy atom. The first-order chi connectivity index (χ1) is 33.5. The van der Waals surface area contributed by atoms with Crippen molar-refractivity contribution in [1.29, 1.82) is 0 Å². The maximum Gasteiger partial charge on any atom is 0.306 e. The summed E-state index contributed by atoms with van der Waals surface area (Å²) >= 11 is 0. The molecule has 0 radical (unpaired) electrons. The van der Waals surface area contributed by atoms with Gasteiger partial charge in [0.2, 0.25) is 0 Å². The third-order valence-corrected chi connectivity index (χ3v) is 12.2. The first kappa shape index (κ1) is 64.6. The van der Waals surface area contributed by atoms with Crippen LogP contribution in [0.3, 0.4) is 0 Å². The van der Waals surface area contributed by atoms with Crippen LogP contribution in [0.15, 0.2) is 85.1 Å². The quantitative estimate of drug-likeness (QED) is 0.0262. The Balaban J connectivity index is 4.36. The number of allylic oxidation sites excluding steroid dienone is 14. The lowest BCUT2D eigenvalue weighted by molar-refractivity contribution is -0.166. The Hall–Kier alpha value is -3.41. The van der Waals surface area contributed by atoms with Crippen molar-refractivity contribution in [3.05, 3.63) is 85.1 Å². The summed E-state index contributed by atoms with van der Waals surface area (Å²) in [7, 11) is 0. The molecule has 1 unspecified atom stereocenters. The molecule has 0 saturated heterocycles. The van der Waals surface area contributed by atoms with Crippen molar-refractivity contribution in [2.75, 3.05) is 13.2 Å². The van der Waals surface area contributed by atoms with E-state index in [1.807, 2.05) is 6.08 Å². The molecular weight excluding hydrogens is 841 g/mol. The SMILES string of the molecule is CC/C=C\C/C=C\C/C=C\C/C=C\CCC(=O)OCC(COC(=O)CCCCCCCCCCCCCCCCCCCCCCCC)OC(=O)CCCCCCC/C=C\C/C=C\C/C=C\CC. The van der Waals surface area contributed by atoms with Gasteiger partial charge in [0, 0.05) is 19.3 Å². The topological polar surface area (TPSA) is 78.9 Å². The van der Waals surface area contributed by atoms with Gasteiger partial charge in [0.05, 0.1) is 0 Å². The second-order valence-corrected chi connectivity index (χ2v) is 18.8. The second kappa shape index (κ2) is 56.2. The molecule has 0 rings (SSSR count). The zero-order valence-electron chi connectivity index (χ0n) is 44.6. The molecule has 0 aromatic heterocycles. The predicted molar refractivity (Wildman–Crippen MR) is 293 cm³/mol. The van der Waals surface area contributed by atoms with Crippen molar-refractivity contribution in [3.8, 4) is 0 Å². The van der Waals surface area contributed by atoms with Gasteiger partial charge in [-0.25, -0.2) is 0 Å². The molecule has 0 spiro atoms. The van der Waals surface area contributed by atoms with Crippen LogP contribution in [0.4, 0.5) is 0 Å². The summed E-state index contributed by atoms with van der Waals surface area (Å²) in [6.45, 7) is 6.35. The van der Waals surface area contributed by atoms with E-state index >= 15 is 0 Å². The molecule has 1 atom stereocenters. The molecule has 0 N–H and O–H groups in total. The van der Waals surface area contributed by atoms with Crippen LogP contribution < -0.4 is 0 Å². The molecule has 0 aliphatic carbocycles. The number of rotatable bonds is 51. The predicted octanol–water partition coefficient (Wildman–Crippen LogP) is 19.2. The second-order valence-electron chi connectivity index (χ2n) is 18.8. The first-order valence-corrected chi connectivity index (χ1v) is 28.6. The van der Waals surface area contributed by atoms with Gasteiger partial charge in [0.1, 0.15) is 13.2 Å². The van der Waals surface area contributed by atoms with Crippen LogP contribution in [0.1, 0.15) is 271 Å². The van der Waals surface area contributed by atoms with E-state index in [1.54, 1.807) is 0 Å². The van der Waals surface area contributed by atoms with E-state index < -0.39 is 6.10 Å². The minimum atomic E-state index is -0.813. The molecule has 0 heterocycles. The molecule has 390 valence electrons. The van der Waals surface area contributed by atoms with Crippen molar-refractivity contribution in [1.82, 2.24) is 0 Å². The van der Waals surface area contributed by atoms with Crippen LogP contribution in [-0.2, 0) is 28.6 Å². The molecule has 0 fully saturated rings. The molecule has 0 amide bonds. The molecule has 68 heavy (non-hydrogen) atoms. The maximum atomic E-state index is 12.8. The largest absolute Gasteiger partial charge is 0.462 e. The highest BCUT2D eigenvalue weighted by Gasteiger charge is 2.19. The number of unbranched alkanes of at least 4 members (excludes halogenated alkanes) is 26. The Morgan fingerprint density at radius 2 is 0.603 bits per heavy atom. The lowest BCUT2D eigenvalue weighted by Gasteiger charge is -2.18. The molecule has 6 nitrogen and oxygen atoms in total. The van der Waals surface area contributed by atoms with Crippen molar-refractivity contribution >= 4 is 17.9 Å². The van der Waals surface area contributed by atoms with Crippen LogP contribution in [0.5, 0.6) is 0 Å². The number of esters is 3. The zero-order chi connectivity index (χ0) is 49.3. The summed E-state index contributed by atoms with van der Waals surface area (Å²) in [5, 5.41) is 0. The van der Waals surface area contributed by atoms with Gasteiger partial charge in [-0.15, -0.1) is 0 Å². The first-order valence-electron chi connectivity index (χ1n) is 28.6. The molecule has 0 bridgehead atoms. The van der Waals surface area contributed by atoms with E-state index in [4.69, 9.17) is 14.2 Å². The number of hydrogen-bond acceptors (Lipinski definition) is 6. The lowest BCUT2D eigenvalue weighted by atomic mass is 10.0. The van der Waals surface area contributed by atoms with E-state index in [9.17, 15) is 14.4 Å². The summed E-state index contributed by atoms with van der Waals surface area (Å²) in [4.78, 5) is 38.1. The van der Waals surface area contributed by atoms with Gasteiger partial charge in [-0.3, -0.25) is 14.4 Å². The highest BCUT2D eigenvalue weighted by Crippen LogP contribution is 2.16. The van der Waals surface area contributed by atoms with Gasteiger partial charge >= 0.3 is 17.9 Å². The van der Waals surface area contributed by atoms with Gasteiger partial charge in [-0.1, -0.05) is 260 Å². The van der Waals surface area contributed by atoms with E-state index in [2.05, 4.69) is 99.8 Å². The smallest absolute Gasteiger partial charge is 0.306 e. The molecule has 6 heteroatoms. The average Bonchev–Trinajstić information content (AvgIpc) is 3.34. The van der Waals surface area contributed by atoms with Crippen LogP contribution >= 0.6 is 0 Å². The van der Waals surface area contributed by atoms with Crippen LogP contribution in [0.25, 0.3) is 0 Å². The fourth-order valence-electron chi connectivity index (χ4n) is 7.94. The summed E-state index contributed by atoms with van der Waals surface area (Å²) in [5.74, 6) is -1.00. The van der Waals surface area contributed by atoms with E-state index in [-0.39, 0.29) is 37.5 Å². The standard InChI is InChI=1S/C62H106O6/c1-4-7-10-13-16-19-22-25-27-28-29-30-31-32-33-35-37-40-43-46-49-52-55-61(64)67-58-59(57-66-60(63)54-51-48-45-42-39-36-24-21-18-15-12-9-6-3)68-62(65)56-53-50-47-44-41-38-34-26-23-20-17-14-11-8-5-2/h8-9,11-12,17-18,20-21,26,34,36,39,45,48,59H,4-7,10,13-16,19,22-25,27-33,35,37-38,40-44,46-47,49-58H2,1-3H3/b11-8-,12-9-,20-17-,21-18-,34-26-,39-36-,48-45-. The normalized spacial score (nSPS) is 12.7. The molecule has 0 aromatic rings. The maximum absolute atomic E-state index is 12.8. The third-order valence-electron chi connectivity index (χ3n) is 12.2. The van der Waals surface area contributed by atoms with E-state index in [0.717, 1.165) is 103 Å². The van der Waals surface area contributed by atoms with E-state index in [0.29, 0.717) is 19.3 Å². The lowest BCUT2D eigenvalue weighted by Crippen LogP contribution is -2.30. The van der Waals surface area contributed by atoms with Gasteiger partial charge in [0.25, 0.3) is 0 Å². The minimum absolute atomic E-state index is 0.104. The Morgan fingerprint density at radius 3 is 0.985 bits per heavy atom.